The van der Waals surface area contributed by atoms with E-state index in [2.05, 4.69) is 10.1 Å². The second kappa shape index (κ2) is 13.4. The van der Waals surface area contributed by atoms with Crippen molar-refractivity contribution < 1.29 is 58.2 Å². The third-order valence-electron chi connectivity index (χ3n) is 7.81. The van der Waals surface area contributed by atoms with Gasteiger partial charge in [-0.25, -0.2) is 13.2 Å². The van der Waals surface area contributed by atoms with Gasteiger partial charge < -0.3 is 14.8 Å². The number of benzene rings is 4. The van der Waals surface area contributed by atoms with E-state index in [9.17, 15) is 39.9 Å². The summed E-state index contributed by atoms with van der Waals surface area (Å²) in [6, 6.07) is 14.5. The second-order valence-corrected chi connectivity index (χ2v) is 11.2. The van der Waals surface area contributed by atoms with Crippen LogP contribution < -0.4 is 14.8 Å². The highest BCUT2D eigenvalue weighted by Crippen LogP contribution is 2.41. The molecular weight excluding hydrogens is 660 g/mol. The predicted octanol–water partition coefficient (Wildman–Crippen LogP) is 9.21. The minimum Gasteiger partial charge on any atom is -0.487 e. The number of nitrogens with one attached hydrogen (secondary N) is 1. The first-order chi connectivity index (χ1) is 22.6. The molecule has 0 radical (unpaired) electrons. The fourth-order valence-corrected chi connectivity index (χ4v) is 5.21. The summed E-state index contributed by atoms with van der Waals surface area (Å²) in [4.78, 5) is 13.8. The first kappa shape index (κ1) is 34.6. The van der Waals surface area contributed by atoms with E-state index >= 15 is 8.78 Å². The van der Waals surface area contributed by atoms with Crippen molar-refractivity contribution in [3.63, 3.8) is 0 Å². The number of hydrogen-bond donors (Lipinski definition) is 1. The van der Waals surface area contributed by atoms with Crippen LogP contribution in [-0.2, 0) is 18.1 Å². The van der Waals surface area contributed by atoms with Crippen molar-refractivity contribution in [1.29, 1.82) is 0 Å². The molecule has 1 fully saturated rings. The summed E-state index contributed by atoms with van der Waals surface area (Å²) in [5, 5.41) is 2.53. The van der Waals surface area contributed by atoms with Crippen LogP contribution in [0, 0.1) is 17.5 Å². The third-order valence-corrected chi connectivity index (χ3v) is 7.81. The zero-order valence-corrected chi connectivity index (χ0v) is 24.6. The Kier molecular flexibility index (Phi) is 9.65. The van der Waals surface area contributed by atoms with E-state index < -0.39 is 70.0 Å². The van der Waals surface area contributed by atoms with Gasteiger partial charge in [0.2, 0.25) is 0 Å². The van der Waals surface area contributed by atoms with Gasteiger partial charge in [0, 0.05) is 18.1 Å². The molecule has 1 amide bonds. The summed E-state index contributed by atoms with van der Waals surface area (Å²) >= 11 is 0. The van der Waals surface area contributed by atoms with Gasteiger partial charge in [0.05, 0.1) is 17.2 Å². The van der Waals surface area contributed by atoms with E-state index in [1.807, 2.05) is 0 Å². The smallest absolute Gasteiger partial charge is 0.461 e. The van der Waals surface area contributed by atoms with Gasteiger partial charge >= 0.3 is 18.7 Å². The van der Waals surface area contributed by atoms with Gasteiger partial charge in [-0.1, -0.05) is 36.4 Å². The molecular formula is C34H25F10NO3. The van der Waals surface area contributed by atoms with Crippen molar-refractivity contribution in [3.8, 4) is 11.5 Å². The molecule has 0 spiro atoms. The number of halogens is 10. The average Bonchev–Trinajstić information content (AvgIpc) is 2.99. The lowest BCUT2D eigenvalue weighted by Crippen LogP contribution is -2.49. The lowest BCUT2D eigenvalue weighted by atomic mass is 9.77. The normalized spacial score (nSPS) is 15.1. The zero-order chi connectivity index (χ0) is 34.9. The number of alkyl halides is 7. The molecule has 254 valence electrons. The molecule has 4 nitrogen and oxygen atoms in total. The van der Waals surface area contributed by atoms with Gasteiger partial charge in [-0.15, -0.1) is 0 Å². The van der Waals surface area contributed by atoms with Crippen molar-refractivity contribution in [2.75, 3.05) is 0 Å². The molecule has 0 saturated heterocycles. The third kappa shape index (κ3) is 7.52. The van der Waals surface area contributed by atoms with Gasteiger partial charge in [0.1, 0.15) is 17.4 Å². The van der Waals surface area contributed by atoms with Crippen molar-refractivity contribution in [1.82, 2.24) is 5.32 Å². The van der Waals surface area contributed by atoms with Crippen molar-refractivity contribution >= 4 is 5.91 Å². The topological polar surface area (TPSA) is 47.6 Å². The molecule has 1 N–H and O–H groups in total. The molecule has 0 bridgehead atoms. The van der Waals surface area contributed by atoms with Crippen LogP contribution >= 0.6 is 0 Å². The largest absolute Gasteiger partial charge is 0.487 e. The fourth-order valence-electron chi connectivity index (χ4n) is 5.21. The molecule has 0 unspecified atom stereocenters. The lowest BCUT2D eigenvalue weighted by molar-refractivity contribution is -0.253. The Morgan fingerprint density at radius 3 is 2.12 bits per heavy atom. The van der Waals surface area contributed by atoms with E-state index in [4.69, 9.17) is 4.74 Å². The van der Waals surface area contributed by atoms with E-state index in [-0.39, 0.29) is 29.9 Å². The molecule has 0 aliphatic heterocycles. The number of ether oxygens (including phenoxy) is 2. The van der Waals surface area contributed by atoms with Gasteiger partial charge in [-0.05, 0) is 78.4 Å². The highest BCUT2D eigenvalue weighted by atomic mass is 19.4. The molecule has 1 aliphatic rings. The van der Waals surface area contributed by atoms with E-state index in [0.29, 0.717) is 30.5 Å². The SMILES string of the molecule is O=C(N[C@@](Cc1ccccc1)(c1cc(F)cc(OC(F)(F)C(F)F)c1)c1ccc(F)c(OC2CCC2)c1)c1ccc(F)c(C(F)(F)F)c1. The van der Waals surface area contributed by atoms with Crippen LogP contribution in [0.5, 0.6) is 11.5 Å². The number of rotatable bonds is 11. The standard InChI is InChI=1S/C34H25F10NO3/c35-23-14-22(15-25(17-23)48-34(43,44)31(38)39)32(18-19-5-2-1-3-6-19,21-10-12-28(37)29(16-21)47-24-7-4-8-24)45-30(46)20-9-11-27(36)26(13-20)33(40,41)42/h1-3,5-6,9-17,24,31H,4,7-8,18H2,(H,45,46)/t32-/m1/s1. The average molecular weight is 686 g/mol. The predicted molar refractivity (Wildman–Crippen MR) is 152 cm³/mol. The molecule has 4 aromatic carbocycles. The van der Waals surface area contributed by atoms with E-state index in [1.165, 1.54) is 0 Å². The van der Waals surface area contributed by atoms with Crippen molar-refractivity contribution in [2.45, 2.75) is 56.0 Å². The van der Waals surface area contributed by atoms with Crippen LogP contribution in [0.25, 0.3) is 0 Å². The Labute approximate surface area is 267 Å². The maximum atomic E-state index is 15.2. The van der Waals surface area contributed by atoms with Crippen molar-refractivity contribution in [2.24, 2.45) is 0 Å². The highest BCUT2D eigenvalue weighted by molar-refractivity contribution is 5.95. The summed E-state index contributed by atoms with van der Waals surface area (Å²) in [6.07, 6.45) is -13.3. The Hall–Kier alpha value is -4.75. The summed E-state index contributed by atoms with van der Waals surface area (Å²) < 4.78 is 149. The minimum absolute atomic E-state index is 0.0641. The monoisotopic (exact) mass is 685 g/mol. The minimum atomic E-state index is -5.20. The van der Waals surface area contributed by atoms with Gasteiger partial charge in [-0.2, -0.15) is 30.7 Å². The molecule has 1 atom stereocenters. The fraction of sp³-hybridized carbons (Fsp3) is 0.265. The lowest BCUT2D eigenvalue weighted by Gasteiger charge is -2.37. The first-order valence-electron chi connectivity index (χ1n) is 14.4. The Bertz CT molecular complexity index is 1780. The number of carbonyl (C=O) groups is 1. The van der Waals surface area contributed by atoms with Gasteiger partial charge in [0.15, 0.2) is 11.6 Å². The quantitative estimate of drug-likeness (QED) is 0.160. The van der Waals surface area contributed by atoms with Crippen LogP contribution in [0.15, 0.2) is 84.9 Å². The van der Waals surface area contributed by atoms with Crippen LogP contribution in [0.3, 0.4) is 0 Å². The number of amides is 1. The maximum absolute atomic E-state index is 15.2. The summed E-state index contributed by atoms with van der Waals surface area (Å²) in [6.45, 7) is 0. The second-order valence-electron chi connectivity index (χ2n) is 11.2. The van der Waals surface area contributed by atoms with Crippen LogP contribution in [0.2, 0.25) is 0 Å². The summed E-state index contributed by atoms with van der Waals surface area (Å²) in [5.74, 6) is -6.45. The number of carbonyl (C=O) groups excluding carboxylic acids is 1. The first-order valence-corrected chi connectivity index (χ1v) is 14.4. The number of hydrogen-bond acceptors (Lipinski definition) is 3. The Balaban J connectivity index is 1.74. The van der Waals surface area contributed by atoms with Crippen molar-refractivity contribution in [3.05, 3.63) is 130 Å². The molecule has 0 aromatic heterocycles. The van der Waals surface area contributed by atoms with Crippen LogP contribution in [0.4, 0.5) is 43.9 Å². The van der Waals surface area contributed by atoms with Gasteiger partial charge in [0.25, 0.3) is 5.91 Å². The molecule has 48 heavy (non-hydrogen) atoms. The zero-order valence-electron chi connectivity index (χ0n) is 24.6. The molecule has 4 aromatic rings. The molecule has 14 heteroatoms. The van der Waals surface area contributed by atoms with Crippen LogP contribution in [-0.4, -0.2) is 24.5 Å². The van der Waals surface area contributed by atoms with E-state index in [1.54, 1.807) is 30.3 Å². The maximum Gasteiger partial charge on any atom is 0.461 e. The van der Waals surface area contributed by atoms with E-state index in [0.717, 1.165) is 42.8 Å². The summed E-state index contributed by atoms with van der Waals surface area (Å²) in [7, 11) is 0. The van der Waals surface area contributed by atoms with Gasteiger partial charge in [-0.3, -0.25) is 4.79 Å². The molecule has 5 rings (SSSR count). The molecule has 1 saturated carbocycles. The Morgan fingerprint density at radius 1 is 0.812 bits per heavy atom. The molecule has 1 aliphatic carbocycles. The Morgan fingerprint density at radius 2 is 1.50 bits per heavy atom. The summed E-state index contributed by atoms with van der Waals surface area (Å²) in [5.41, 5.74) is -4.70. The van der Waals surface area contributed by atoms with Crippen LogP contribution in [0.1, 0.15) is 51.9 Å². The molecule has 0 heterocycles. The highest BCUT2D eigenvalue weighted by Gasteiger charge is 2.45.